The summed E-state index contributed by atoms with van der Waals surface area (Å²) in [5.41, 5.74) is 3.21. The van der Waals surface area contributed by atoms with E-state index in [-0.39, 0.29) is 12.1 Å². The van der Waals surface area contributed by atoms with Crippen LogP contribution in [-0.4, -0.2) is 23.5 Å². The average Bonchev–Trinajstić information content (AvgIpc) is 2.66. The average molecular weight is 286 g/mol. The van der Waals surface area contributed by atoms with E-state index in [0.717, 1.165) is 24.1 Å². The Hall–Kier alpha value is -1.61. The topological polar surface area (TPSA) is 32.3 Å². The first kappa shape index (κ1) is 15.8. The molecule has 0 saturated heterocycles. The zero-order chi connectivity index (χ0) is 15.4. The fraction of sp³-hybridized carbons (Fsp3) is 0.500. The molecule has 1 heterocycles. The largest absolute Gasteiger partial charge is 0.315 e. The Morgan fingerprint density at radius 2 is 1.86 bits per heavy atom. The van der Waals surface area contributed by atoms with E-state index >= 15 is 0 Å². The van der Waals surface area contributed by atoms with Crippen LogP contribution < -0.4 is 5.32 Å². The molecule has 1 unspecified atom stereocenters. The Labute approximate surface area is 128 Å². The van der Waals surface area contributed by atoms with Crippen molar-refractivity contribution >= 4 is 5.91 Å². The molecule has 1 atom stereocenters. The van der Waals surface area contributed by atoms with Crippen LogP contribution >= 0.6 is 0 Å². The van der Waals surface area contributed by atoms with E-state index in [1.807, 2.05) is 30.0 Å². The SMILES string of the molecule is CC1=C(C)C(NCCC(C)C)N(Cc2ccccc2)C1=O. The van der Waals surface area contributed by atoms with Crippen molar-refractivity contribution in [2.45, 2.75) is 46.8 Å². The smallest absolute Gasteiger partial charge is 0.251 e. The minimum atomic E-state index is 0.0384. The van der Waals surface area contributed by atoms with Crippen molar-refractivity contribution < 1.29 is 4.79 Å². The molecule has 0 radical (unpaired) electrons. The van der Waals surface area contributed by atoms with Crippen LogP contribution in [0.1, 0.15) is 39.7 Å². The van der Waals surface area contributed by atoms with Crippen molar-refractivity contribution in [1.29, 1.82) is 0 Å². The van der Waals surface area contributed by atoms with Gasteiger partial charge in [0.05, 0.1) is 0 Å². The van der Waals surface area contributed by atoms with Crippen LogP contribution in [0.5, 0.6) is 0 Å². The zero-order valence-corrected chi connectivity index (χ0v) is 13.5. The molecule has 1 amide bonds. The third-order valence-corrected chi connectivity index (χ3v) is 4.15. The summed E-state index contributed by atoms with van der Waals surface area (Å²) in [6, 6.07) is 10.2. The first-order valence-electron chi connectivity index (χ1n) is 7.76. The van der Waals surface area contributed by atoms with Gasteiger partial charge in [-0.2, -0.15) is 0 Å². The molecule has 0 aliphatic carbocycles. The van der Waals surface area contributed by atoms with E-state index in [2.05, 4.69) is 38.2 Å². The van der Waals surface area contributed by atoms with Crippen LogP contribution in [0.3, 0.4) is 0 Å². The number of carbonyl (C=O) groups excluding carboxylic acids is 1. The standard InChI is InChI=1S/C18H26N2O/c1-13(2)10-11-19-17-14(3)15(4)18(21)20(17)12-16-8-6-5-7-9-16/h5-9,13,17,19H,10-12H2,1-4H3. The van der Waals surface area contributed by atoms with Gasteiger partial charge in [0.2, 0.25) is 0 Å². The number of carbonyl (C=O) groups is 1. The molecule has 3 heteroatoms. The van der Waals surface area contributed by atoms with Gasteiger partial charge in [-0.05, 0) is 43.9 Å². The minimum Gasteiger partial charge on any atom is -0.315 e. The molecule has 1 aromatic carbocycles. The lowest BCUT2D eigenvalue weighted by Crippen LogP contribution is -2.45. The van der Waals surface area contributed by atoms with Crippen LogP contribution in [0.15, 0.2) is 41.5 Å². The van der Waals surface area contributed by atoms with Crippen LogP contribution in [0, 0.1) is 5.92 Å². The Morgan fingerprint density at radius 1 is 1.19 bits per heavy atom. The Balaban J connectivity index is 2.08. The quantitative estimate of drug-likeness (QED) is 0.870. The zero-order valence-electron chi connectivity index (χ0n) is 13.5. The van der Waals surface area contributed by atoms with Crippen molar-refractivity contribution in [1.82, 2.24) is 10.2 Å². The number of nitrogens with one attached hydrogen (secondary N) is 1. The van der Waals surface area contributed by atoms with E-state index in [9.17, 15) is 4.79 Å². The van der Waals surface area contributed by atoms with Crippen molar-refractivity contribution in [2.75, 3.05) is 6.54 Å². The summed E-state index contributed by atoms with van der Waals surface area (Å²) >= 11 is 0. The van der Waals surface area contributed by atoms with Gasteiger partial charge in [-0.1, -0.05) is 44.2 Å². The number of hydrogen-bond acceptors (Lipinski definition) is 2. The lowest BCUT2D eigenvalue weighted by molar-refractivity contribution is -0.128. The van der Waals surface area contributed by atoms with Gasteiger partial charge in [0, 0.05) is 12.1 Å². The van der Waals surface area contributed by atoms with Gasteiger partial charge < -0.3 is 4.90 Å². The number of hydrogen-bond donors (Lipinski definition) is 1. The highest BCUT2D eigenvalue weighted by atomic mass is 16.2. The molecule has 1 aliphatic rings. The normalized spacial score (nSPS) is 19.0. The fourth-order valence-electron chi connectivity index (χ4n) is 2.66. The molecule has 21 heavy (non-hydrogen) atoms. The monoisotopic (exact) mass is 286 g/mol. The fourth-order valence-corrected chi connectivity index (χ4v) is 2.66. The van der Waals surface area contributed by atoms with Crippen LogP contribution in [0.4, 0.5) is 0 Å². The Morgan fingerprint density at radius 3 is 2.48 bits per heavy atom. The number of rotatable bonds is 6. The molecular formula is C18H26N2O. The molecule has 1 N–H and O–H groups in total. The Bertz CT molecular complexity index is 519. The summed E-state index contributed by atoms with van der Waals surface area (Å²) in [4.78, 5) is 14.4. The van der Waals surface area contributed by atoms with Gasteiger partial charge >= 0.3 is 0 Å². The van der Waals surface area contributed by atoms with Gasteiger partial charge in [-0.3, -0.25) is 10.1 Å². The predicted molar refractivity (Wildman–Crippen MR) is 86.6 cm³/mol. The molecule has 1 aliphatic heterocycles. The van der Waals surface area contributed by atoms with E-state index in [4.69, 9.17) is 0 Å². The molecule has 0 saturated carbocycles. The van der Waals surface area contributed by atoms with Crippen LogP contribution in [-0.2, 0) is 11.3 Å². The molecule has 1 aromatic rings. The molecule has 0 aromatic heterocycles. The summed E-state index contributed by atoms with van der Waals surface area (Å²) in [5.74, 6) is 0.820. The van der Waals surface area contributed by atoms with Gasteiger partial charge in [-0.25, -0.2) is 0 Å². The summed E-state index contributed by atoms with van der Waals surface area (Å²) < 4.78 is 0. The van der Waals surface area contributed by atoms with E-state index in [1.165, 1.54) is 5.56 Å². The number of amides is 1. The van der Waals surface area contributed by atoms with Crippen molar-refractivity contribution in [3.63, 3.8) is 0 Å². The van der Waals surface area contributed by atoms with Crippen LogP contribution in [0.2, 0.25) is 0 Å². The molecule has 0 spiro atoms. The van der Waals surface area contributed by atoms with Crippen molar-refractivity contribution in [3.8, 4) is 0 Å². The highest BCUT2D eigenvalue weighted by Gasteiger charge is 2.34. The third kappa shape index (κ3) is 3.73. The second-order valence-corrected chi connectivity index (χ2v) is 6.27. The summed E-state index contributed by atoms with van der Waals surface area (Å²) in [6.45, 7) is 10.0. The maximum absolute atomic E-state index is 12.5. The highest BCUT2D eigenvalue weighted by molar-refractivity contribution is 5.96. The van der Waals surface area contributed by atoms with Crippen molar-refractivity contribution in [3.05, 3.63) is 47.0 Å². The minimum absolute atomic E-state index is 0.0384. The highest BCUT2D eigenvalue weighted by Crippen LogP contribution is 2.25. The van der Waals surface area contributed by atoms with Gasteiger partial charge in [-0.15, -0.1) is 0 Å². The molecule has 2 rings (SSSR count). The van der Waals surface area contributed by atoms with Crippen molar-refractivity contribution in [2.24, 2.45) is 5.92 Å². The van der Waals surface area contributed by atoms with Gasteiger partial charge in [0.15, 0.2) is 0 Å². The first-order valence-corrected chi connectivity index (χ1v) is 7.76. The van der Waals surface area contributed by atoms with E-state index in [0.29, 0.717) is 12.5 Å². The summed E-state index contributed by atoms with van der Waals surface area (Å²) in [6.07, 6.45) is 1.16. The number of nitrogens with zero attached hydrogens (tertiary/aromatic N) is 1. The van der Waals surface area contributed by atoms with E-state index in [1.54, 1.807) is 0 Å². The second kappa shape index (κ2) is 6.90. The third-order valence-electron chi connectivity index (χ3n) is 4.15. The Kier molecular flexibility index (Phi) is 5.18. The maximum atomic E-state index is 12.5. The molecular weight excluding hydrogens is 260 g/mol. The molecule has 0 bridgehead atoms. The first-order chi connectivity index (χ1) is 10.0. The summed E-state index contributed by atoms with van der Waals surface area (Å²) in [7, 11) is 0. The van der Waals surface area contributed by atoms with Gasteiger partial charge in [0.25, 0.3) is 5.91 Å². The molecule has 114 valence electrons. The lowest BCUT2D eigenvalue weighted by Gasteiger charge is -2.28. The summed E-state index contributed by atoms with van der Waals surface area (Å²) in [5, 5.41) is 3.54. The van der Waals surface area contributed by atoms with Crippen LogP contribution in [0.25, 0.3) is 0 Å². The molecule has 3 nitrogen and oxygen atoms in total. The molecule has 0 fully saturated rings. The number of benzene rings is 1. The van der Waals surface area contributed by atoms with E-state index < -0.39 is 0 Å². The van der Waals surface area contributed by atoms with Gasteiger partial charge in [0.1, 0.15) is 6.17 Å². The second-order valence-electron chi connectivity index (χ2n) is 6.27. The maximum Gasteiger partial charge on any atom is 0.251 e. The predicted octanol–water partition coefficient (Wildman–Crippen LogP) is 3.33. The lowest BCUT2D eigenvalue weighted by atomic mass is 10.1.